The summed E-state index contributed by atoms with van der Waals surface area (Å²) < 4.78 is 5.41. The lowest BCUT2D eigenvalue weighted by molar-refractivity contribution is -0.141. The zero-order valence-electron chi connectivity index (χ0n) is 21.1. The summed E-state index contributed by atoms with van der Waals surface area (Å²) >= 11 is 0. The first-order valence-corrected chi connectivity index (χ1v) is 12.9. The molecule has 0 spiro atoms. The number of amides is 2. The quantitative estimate of drug-likeness (QED) is 0.423. The molecule has 0 aromatic heterocycles. The van der Waals surface area contributed by atoms with E-state index in [1.807, 2.05) is 84.9 Å². The highest BCUT2D eigenvalue weighted by Crippen LogP contribution is 2.21. The molecule has 5 nitrogen and oxygen atoms in total. The van der Waals surface area contributed by atoms with Gasteiger partial charge < -0.3 is 15.0 Å². The second-order valence-electron chi connectivity index (χ2n) is 9.58. The van der Waals surface area contributed by atoms with Crippen LogP contribution in [0.3, 0.4) is 0 Å². The van der Waals surface area contributed by atoms with Gasteiger partial charge in [0.1, 0.15) is 11.8 Å². The van der Waals surface area contributed by atoms with E-state index in [1.54, 1.807) is 12.0 Å². The predicted octanol–water partition coefficient (Wildman–Crippen LogP) is 5.33. The molecular formula is C31H36N2O3. The van der Waals surface area contributed by atoms with Crippen LogP contribution in [0.15, 0.2) is 84.9 Å². The van der Waals surface area contributed by atoms with Crippen molar-refractivity contribution < 1.29 is 14.3 Å². The van der Waals surface area contributed by atoms with Gasteiger partial charge in [-0.25, -0.2) is 0 Å². The van der Waals surface area contributed by atoms with E-state index in [9.17, 15) is 9.59 Å². The summed E-state index contributed by atoms with van der Waals surface area (Å²) in [6.07, 6.45) is 6.19. The summed E-state index contributed by atoms with van der Waals surface area (Å²) in [6.45, 7) is 0.332. The molecule has 0 aliphatic heterocycles. The van der Waals surface area contributed by atoms with Crippen LogP contribution in [-0.2, 0) is 29.0 Å². The third-order valence-electron chi connectivity index (χ3n) is 6.91. The molecule has 1 aliphatic rings. The van der Waals surface area contributed by atoms with Gasteiger partial charge >= 0.3 is 0 Å². The molecule has 1 atom stereocenters. The largest absolute Gasteiger partial charge is 0.497 e. The molecule has 0 saturated heterocycles. The number of rotatable bonds is 10. The Hall–Kier alpha value is -3.60. The SMILES string of the molecule is COc1cccc(CN(C(=O)Cc2ccccc2)C(Cc2ccccc2)C(=O)NC2CCCCC2)c1. The fourth-order valence-corrected chi connectivity index (χ4v) is 4.94. The first kappa shape index (κ1) is 25.5. The maximum absolute atomic E-state index is 13.8. The zero-order valence-corrected chi connectivity index (χ0v) is 21.1. The van der Waals surface area contributed by atoms with E-state index in [0.29, 0.717) is 13.0 Å². The lowest BCUT2D eigenvalue weighted by atomic mass is 9.94. The van der Waals surface area contributed by atoms with E-state index in [2.05, 4.69) is 5.32 Å². The molecule has 1 aliphatic carbocycles. The highest BCUT2D eigenvalue weighted by atomic mass is 16.5. The van der Waals surface area contributed by atoms with Crippen molar-refractivity contribution in [3.05, 3.63) is 102 Å². The molecule has 2 amide bonds. The normalized spacial score (nSPS) is 14.6. The van der Waals surface area contributed by atoms with Crippen molar-refractivity contribution in [3.8, 4) is 5.75 Å². The van der Waals surface area contributed by atoms with Gasteiger partial charge in [-0.05, 0) is 41.7 Å². The first-order chi connectivity index (χ1) is 17.6. The van der Waals surface area contributed by atoms with Crippen LogP contribution in [0.1, 0.15) is 48.8 Å². The number of hydrogen-bond acceptors (Lipinski definition) is 3. The van der Waals surface area contributed by atoms with Crippen LogP contribution >= 0.6 is 0 Å². The zero-order chi connectivity index (χ0) is 25.2. The molecule has 1 N–H and O–H groups in total. The number of methoxy groups -OCH3 is 1. The molecule has 4 rings (SSSR count). The van der Waals surface area contributed by atoms with Crippen LogP contribution in [0.2, 0.25) is 0 Å². The molecule has 0 bridgehead atoms. The first-order valence-electron chi connectivity index (χ1n) is 12.9. The van der Waals surface area contributed by atoms with Gasteiger partial charge in [0.25, 0.3) is 0 Å². The van der Waals surface area contributed by atoms with Crippen molar-refractivity contribution in [2.75, 3.05) is 7.11 Å². The third-order valence-corrected chi connectivity index (χ3v) is 6.91. The highest BCUT2D eigenvalue weighted by Gasteiger charge is 2.32. The van der Waals surface area contributed by atoms with Crippen molar-refractivity contribution in [1.29, 1.82) is 0 Å². The molecule has 0 heterocycles. The average Bonchev–Trinajstić information content (AvgIpc) is 2.92. The third kappa shape index (κ3) is 7.20. The van der Waals surface area contributed by atoms with Crippen LogP contribution in [-0.4, -0.2) is 35.9 Å². The Morgan fingerprint density at radius 2 is 1.50 bits per heavy atom. The van der Waals surface area contributed by atoms with Gasteiger partial charge in [0.2, 0.25) is 11.8 Å². The van der Waals surface area contributed by atoms with E-state index in [0.717, 1.165) is 48.1 Å². The molecule has 3 aromatic carbocycles. The second-order valence-corrected chi connectivity index (χ2v) is 9.58. The Labute approximate surface area is 214 Å². The van der Waals surface area contributed by atoms with Crippen LogP contribution in [0.4, 0.5) is 0 Å². The van der Waals surface area contributed by atoms with Gasteiger partial charge in [-0.3, -0.25) is 9.59 Å². The molecule has 1 fully saturated rings. The van der Waals surface area contributed by atoms with Gasteiger partial charge in [-0.1, -0.05) is 92.1 Å². The fraction of sp³-hybridized carbons (Fsp3) is 0.355. The topological polar surface area (TPSA) is 58.6 Å². The van der Waals surface area contributed by atoms with Crippen molar-refractivity contribution >= 4 is 11.8 Å². The maximum Gasteiger partial charge on any atom is 0.243 e. The predicted molar refractivity (Wildman–Crippen MR) is 143 cm³/mol. The standard InChI is InChI=1S/C31H36N2O3/c1-36-28-19-11-16-26(20-28)23-33(30(34)22-25-14-7-3-8-15-25)29(21-24-12-5-2-6-13-24)31(35)32-27-17-9-4-10-18-27/h2-3,5-8,11-16,19-20,27,29H,4,9-10,17-18,21-23H2,1H3,(H,32,35). The molecule has 3 aromatic rings. The number of carbonyl (C=O) groups excluding carboxylic acids is 2. The fourth-order valence-electron chi connectivity index (χ4n) is 4.94. The second kappa shape index (κ2) is 12.9. The van der Waals surface area contributed by atoms with Gasteiger partial charge in [0.05, 0.1) is 13.5 Å². The van der Waals surface area contributed by atoms with Crippen molar-refractivity contribution in [3.63, 3.8) is 0 Å². The summed E-state index contributed by atoms with van der Waals surface area (Å²) in [7, 11) is 1.63. The van der Waals surface area contributed by atoms with Crippen molar-refractivity contribution in [2.45, 2.75) is 63.6 Å². The van der Waals surface area contributed by atoms with E-state index < -0.39 is 6.04 Å². The molecule has 188 valence electrons. The molecule has 5 heteroatoms. The number of benzene rings is 3. The molecule has 1 unspecified atom stereocenters. The van der Waals surface area contributed by atoms with Crippen LogP contribution < -0.4 is 10.1 Å². The van der Waals surface area contributed by atoms with Crippen molar-refractivity contribution in [1.82, 2.24) is 10.2 Å². The number of nitrogens with zero attached hydrogens (tertiary/aromatic N) is 1. The van der Waals surface area contributed by atoms with Gasteiger partial charge in [0.15, 0.2) is 0 Å². The Morgan fingerprint density at radius 3 is 2.17 bits per heavy atom. The minimum absolute atomic E-state index is 0.0660. The van der Waals surface area contributed by atoms with E-state index in [-0.39, 0.29) is 24.3 Å². The summed E-state index contributed by atoms with van der Waals surface area (Å²) in [4.78, 5) is 29.4. The van der Waals surface area contributed by atoms with E-state index >= 15 is 0 Å². The average molecular weight is 485 g/mol. The summed E-state index contributed by atoms with van der Waals surface area (Å²) in [5.74, 6) is 0.591. The molecule has 1 saturated carbocycles. The van der Waals surface area contributed by atoms with Gasteiger partial charge in [-0.2, -0.15) is 0 Å². The van der Waals surface area contributed by atoms with Gasteiger partial charge in [-0.15, -0.1) is 0 Å². The Kier molecular flexibility index (Phi) is 9.15. The lowest BCUT2D eigenvalue weighted by Gasteiger charge is -2.33. The van der Waals surface area contributed by atoms with Gasteiger partial charge in [0, 0.05) is 19.0 Å². The minimum atomic E-state index is -0.614. The van der Waals surface area contributed by atoms with Crippen LogP contribution in [0.25, 0.3) is 0 Å². The maximum atomic E-state index is 13.8. The highest BCUT2D eigenvalue weighted by molar-refractivity contribution is 5.89. The van der Waals surface area contributed by atoms with Crippen LogP contribution in [0.5, 0.6) is 5.75 Å². The number of nitrogens with one attached hydrogen (secondary N) is 1. The number of carbonyl (C=O) groups is 2. The molecular weight excluding hydrogens is 448 g/mol. The summed E-state index contributed by atoms with van der Waals surface area (Å²) in [5, 5.41) is 3.29. The molecule has 0 radical (unpaired) electrons. The van der Waals surface area contributed by atoms with E-state index in [1.165, 1.54) is 6.42 Å². The van der Waals surface area contributed by atoms with Crippen LogP contribution in [0, 0.1) is 0 Å². The number of hydrogen-bond donors (Lipinski definition) is 1. The number of ether oxygens (including phenoxy) is 1. The minimum Gasteiger partial charge on any atom is -0.497 e. The Bertz CT molecular complexity index is 1110. The smallest absolute Gasteiger partial charge is 0.243 e. The molecule has 36 heavy (non-hydrogen) atoms. The summed E-state index contributed by atoms with van der Waals surface area (Å²) in [6, 6.07) is 27.0. The Balaban J connectivity index is 1.65. The summed E-state index contributed by atoms with van der Waals surface area (Å²) in [5.41, 5.74) is 2.90. The monoisotopic (exact) mass is 484 g/mol. The Morgan fingerprint density at radius 1 is 0.861 bits per heavy atom. The van der Waals surface area contributed by atoms with E-state index in [4.69, 9.17) is 4.74 Å². The lowest BCUT2D eigenvalue weighted by Crippen LogP contribution is -2.53. The van der Waals surface area contributed by atoms with Crippen molar-refractivity contribution in [2.24, 2.45) is 0 Å².